The van der Waals surface area contributed by atoms with Crippen LogP contribution in [0.15, 0.2) is 0 Å². The van der Waals surface area contributed by atoms with E-state index in [0.29, 0.717) is 6.92 Å². The minimum absolute atomic E-state index is 0.502. The van der Waals surface area contributed by atoms with Crippen molar-refractivity contribution in [3.8, 4) is 0 Å². The highest BCUT2D eigenvalue weighted by Crippen LogP contribution is 2.64. The number of alkyl halides is 17. The molecule has 0 aromatic carbocycles. The van der Waals surface area contributed by atoms with Crippen LogP contribution in [0, 0.1) is 0 Å². The van der Waals surface area contributed by atoms with Crippen molar-refractivity contribution in [2.75, 3.05) is 13.1 Å². The minimum atomic E-state index is -8.82. The fraction of sp³-hybridized carbons (Fsp3) is 1.00. The Labute approximate surface area is 178 Å². The first-order valence-electron chi connectivity index (χ1n) is 8.23. The SMILES string of the molecule is CCCN(CC)S(=O)(=O)C(F)(F)C(F)(F)C(F)(F)C(F)(F)C(F)(F)C(F)(F)C(F)(F)C(F)(F)F. The van der Waals surface area contributed by atoms with Gasteiger partial charge in [0, 0.05) is 13.1 Å². The second-order valence-electron chi connectivity index (χ2n) is 6.46. The first-order chi connectivity index (χ1) is 14.5. The van der Waals surface area contributed by atoms with Crippen LogP contribution < -0.4 is 0 Å². The lowest BCUT2D eigenvalue weighted by atomic mass is 9.91. The molecule has 0 unspecified atom stereocenters. The lowest BCUT2D eigenvalue weighted by molar-refractivity contribution is -0.458. The van der Waals surface area contributed by atoms with Crippen LogP contribution in [0.5, 0.6) is 0 Å². The van der Waals surface area contributed by atoms with Gasteiger partial charge in [-0.05, 0) is 6.42 Å². The van der Waals surface area contributed by atoms with Gasteiger partial charge in [-0.3, -0.25) is 0 Å². The molecule has 0 heterocycles. The van der Waals surface area contributed by atoms with E-state index in [1.54, 1.807) is 0 Å². The third-order valence-electron chi connectivity index (χ3n) is 4.18. The van der Waals surface area contributed by atoms with E-state index in [9.17, 15) is 83.1 Å². The van der Waals surface area contributed by atoms with E-state index < -0.39 is 80.8 Å². The van der Waals surface area contributed by atoms with Crippen LogP contribution in [0.2, 0.25) is 0 Å². The molecule has 21 heteroatoms. The van der Waals surface area contributed by atoms with E-state index in [0.717, 1.165) is 6.92 Å². The maximum atomic E-state index is 13.9. The molecule has 0 saturated carbocycles. The van der Waals surface area contributed by atoms with Crippen molar-refractivity contribution in [2.45, 2.75) is 67.2 Å². The second-order valence-corrected chi connectivity index (χ2v) is 8.44. The Bertz CT molecular complexity index is 833. The standard InChI is InChI=1S/C13H12F17NO2S/c1-3-5-31(4-2)34(32,33)13(29,30)11(24,25)9(20,21)7(16,17)6(14,15)8(18,19)10(22,23)12(26,27)28/h3-5H2,1-2H3. The second kappa shape index (κ2) is 8.68. The molecular formula is C13H12F17NO2S. The smallest absolute Gasteiger partial charge is 0.206 e. The number of sulfonamides is 1. The van der Waals surface area contributed by atoms with Gasteiger partial charge >= 0.3 is 47.0 Å². The Hall–Kier alpha value is -1.28. The third kappa shape index (κ3) is 4.06. The van der Waals surface area contributed by atoms with Crippen molar-refractivity contribution >= 4 is 10.0 Å². The first-order valence-corrected chi connectivity index (χ1v) is 9.67. The zero-order chi connectivity index (χ0) is 28.2. The summed E-state index contributed by atoms with van der Waals surface area (Å²) < 4.78 is 247. The lowest BCUT2D eigenvalue weighted by Gasteiger charge is -2.43. The Morgan fingerprint density at radius 2 is 0.824 bits per heavy atom. The van der Waals surface area contributed by atoms with Crippen molar-refractivity contribution < 1.29 is 83.1 Å². The van der Waals surface area contributed by atoms with Crippen LogP contribution in [0.1, 0.15) is 20.3 Å². The number of nitrogens with zero attached hydrogens (tertiary/aromatic N) is 1. The van der Waals surface area contributed by atoms with Crippen molar-refractivity contribution in [1.82, 2.24) is 4.31 Å². The molecular weight excluding hydrogens is 557 g/mol. The monoisotopic (exact) mass is 569 g/mol. The molecule has 0 aliphatic heterocycles. The van der Waals surface area contributed by atoms with Crippen LogP contribution in [-0.2, 0) is 10.0 Å². The maximum Gasteiger partial charge on any atom is 0.460 e. The van der Waals surface area contributed by atoms with Gasteiger partial charge in [0.2, 0.25) is 0 Å². The summed E-state index contributed by atoms with van der Waals surface area (Å²) in [7, 11) is -7.17. The van der Waals surface area contributed by atoms with Gasteiger partial charge in [0.1, 0.15) is 0 Å². The highest BCUT2D eigenvalue weighted by atomic mass is 32.2. The van der Waals surface area contributed by atoms with Gasteiger partial charge in [0.05, 0.1) is 0 Å². The largest absolute Gasteiger partial charge is 0.460 e. The van der Waals surface area contributed by atoms with E-state index in [2.05, 4.69) is 0 Å². The van der Waals surface area contributed by atoms with Crippen LogP contribution in [0.3, 0.4) is 0 Å². The molecule has 0 spiro atoms. The number of rotatable bonds is 11. The van der Waals surface area contributed by atoms with Crippen LogP contribution >= 0.6 is 0 Å². The number of halogens is 17. The van der Waals surface area contributed by atoms with Gasteiger partial charge in [0.15, 0.2) is 0 Å². The van der Waals surface area contributed by atoms with E-state index in [1.165, 1.54) is 0 Å². The molecule has 0 N–H and O–H groups in total. The van der Waals surface area contributed by atoms with Crippen LogP contribution in [-0.4, -0.2) is 72.8 Å². The summed E-state index contributed by atoms with van der Waals surface area (Å²) in [5, 5.41) is -7.49. The van der Waals surface area contributed by atoms with Crippen molar-refractivity contribution in [1.29, 1.82) is 0 Å². The van der Waals surface area contributed by atoms with Gasteiger partial charge in [-0.2, -0.15) is 78.9 Å². The summed E-state index contributed by atoms with van der Waals surface area (Å²) in [4.78, 5) is 0. The summed E-state index contributed by atoms with van der Waals surface area (Å²) in [5.41, 5.74) is 0. The summed E-state index contributed by atoms with van der Waals surface area (Å²) >= 11 is 0. The van der Waals surface area contributed by atoms with Gasteiger partial charge < -0.3 is 0 Å². The lowest BCUT2D eigenvalue weighted by Crippen LogP contribution is -2.75. The molecule has 0 aromatic rings. The molecule has 0 atom stereocenters. The Morgan fingerprint density at radius 3 is 1.09 bits per heavy atom. The van der Waals surface area contributed by atoms with Gasteiger partial charge in [-0.25, -0.2) is 8.42 Å². The fourth-order valence-electron chi connectivity index (χ4n) is 2.17. The molecule has 0 aromatic heterocycles. The van der Waals surface area contributed by atoms with Crippen LogP contribution in [0.25, 0.3) is 0 Å². The Kier molecular flexibility index (Phi) is 8.35. The molecule has 0 radical (unpaired) electrons. The minimum Gasteiger partial charge on any atom is -0.206 e. The average molecular weight is 569 g/mol. The zero-order valence-corrected chi connectivity index (χ0v) is 17.0. The highest BCUT2D eigenvalue weighted by Gasteiger charge is 2.96. The van der Waals surface area contributed by atoms with E-state index >= 15 is 0 Å². The van der Waals surface area contributed by atoms with Gasteiger partial charge in [-0.15, -0.1) is 0 Å². The molecule has 0 bridgehead atoms. The van der Waals surface area contributed by atoms with E-state index in [1.807, 2.05) is 0 Å². The molecule has 206 valence electrons. The quantitative estimate of drug-likeness (QED) is 0.286. The number of hydrogen-bond acceptors (Lipinski definition) is 2. The summed E-state index contributed by atoms with van der Waals surface area (Å²) in [5.74, 6) is -51.5. The average Bonchev–Trinajstić information content (AvgIpc) is 2.63. The van der Waals surface area contributed by atoms with Crippen LogP contribution in [0.4, 0.5) is 74.6 Å². The molecule has 0 amide bonds. The van der Waals surface area contributed by atoms with Crippen molar-refractivity contribution in [2.24, 2.45) is 0 Å². The highest BCUT2D eigenvalue weighted by molar-refractivity contribution is 7.90. The molecule has 0 rings (SSSR count). The zero-order valence-electron chi connectivity index (χ0n) is 16.2. The molecule has 3 nitrogen and oxygen atoms in total. The summed E-state index contributed by atoms with van der Waals surface area (Å²) in [6.45, 7) is -0.767. The predicted octanol–water partition coefficient (Wildman–Crippen LogP) is 6.02. The first kappa shape index (κ1) is 32.7. The van der Waals surface area contributed by atoms with E-state index in [4.69, 9.17) is 0 Å². The summed E-state index contributed by atoms with van der Waals surface area (Å²) in [6, 6.07) is 0. The topological polar surface area (TPSA) is 37.4 Å². The van der Waals surface area contributed by atoms with Crippen molar-refractivity contribution in [3.63, 3.8) is 0 Å². The molecule has 0 saturated heterocycles. The normalized spacial score (nSPS) is 16.4. The summed E-state index contributed by atoms with van der Waals surface area (Å²) in [6.07, 6.45) is -8.36. The molecule has 34 heavy (non-hydrogen) atoms. The maximum absolute atomic E-state index is 13.9. The molecule has 0 aliphatic carbocycles. The van der Waals surface area contributed by atoms with Crippen molar-refractivity contribution in [3.05, 3.63) is 0 Å². The Balaban J connectivity index is 7.01. The molecule has 0 fully saturated rings. The number of hydrogen-bond donors (Lipinski definition) is 0. The third-order valence-corrected chi connectivity index (χ3v) is 6.21. The Morgan fingerprint density at radius 1 is 0.529 bits per heavy atom. The predicted molar refractivity (Wildman–Crippen MR) is 77.1 cm³/mol. The van der Waals surface area contributed by atoms with Gasteiger partial charge in [-0.1, -0.05) is 13.8 Å². The fourth-order valence-corrected chi connectivity index (χ4v) is 3.71. The molecule has 0 aliphatic rings. The van der Waals surface area contributed by atoms with Gasteiger partial charge in [0.25, 0.3) is 10.0 Å². The van der Waals surface area contributed by atoms with E-state index in [-0.39, 0.29) is 0 Å².